The third-order valence-corrected chi connectivity index (χ3v) is 4.00. The normalized spacial score (nSPS) is 11.5. The molecule has 0 fully saturated rings. The second-order valence-electron chi connectivity index (χ2n) is 3.85. The molecule has 0 heterocycles. The fourth-order valence-corrected chi connectivity index (χ4v) is 2.69. The Morgan fingerprint density at radius 2 is 2.11 bits per heavy atom. The van der Waals surface area contributed by atoms with Gasteiger partial charge in [0.1, 0.15) is 10.6 Å². The number of methoxy groups -OCH3 is 1. The summed E-state index contributed by atoms with van der Waals surface area (Å²) in [6.07, 6.45) is 0.614. The number of sulfonamides is 1. The molecule has 0 atom stereocenters. The fraction of sp³-hybridized carbons (Fsp3) is 0.500. The molecule has 3 N–H and O–H groups in total. The van der Waals surface area contributed by atoms with Crippen LogP contribution in [0, 0.1) is 0 Å². The largest absolute Gasteiger partial charge is 0.497 e. The maximum Gasteiger partial charge on any atom is 0.242 e. The van der Waals surface area contributed by atoms with Gasteiger partial charge in [-0.2, -0.15) is 0 Å². The molecule has 6 nitrogen and oxygen atoms in total. The fourth-order valence-electron chi connectivity index (χ4n) is 1.50. The first-order valence-corrected chi connectivity index (χ1v) is 7.50. The highest BCUT2D eigenvalue weighted by molar-refractivity contribution is 7.89. The summed E-state index contributed by atoms with van der Waals surface area (Å²) in [4.78, 5) is 0.0599. The lowest BCUT2D eigenvalue weighted by Gasteiger charge is -2.10. The Balaban J connectivity index is 2.67. The first-order valence-electron chi connectivity index (χ1n) is 6.02. The summed E-state index contributed by atoms with van der Waals surface area (Å²) in [6, 6.07) is 4.47. The number of ether oxygens (including phenoxy) is 2. The van der Waals surface area contributed by atoms with Crippen LogP contribution in [0.2, 0.25) is 0 Å². The second-order valence-corrected chi connectivity index (χ2v) is 5.59. The number of rotatable bonds is 8. The predicted octanol–water partition coefficient (Wildman–Crippen LogP) is 0.982. The van der Waals surface area contributed by atoms with E-state index in [1.165, 1.54) is 19.2 Å². The van der Waals surface area contributed by atoms with Gasteiger partial charge in [0.25, 0.3) is 0 Å². The van der Waals surface area contributed by atoms with Crippen LogP contribution in [0.3, 0.4) is 0 Å². The lowest BCUT2D eigenvalue weighted by atomic mass is 10.3. The number of nitrogens with two attached hydrogens (primary N) is 1. The number of anilines is 1. The summed E-state index contributed by atoms with van der Waals surface area (Å²) in [5, 5.41) is 0. The minimum absolute atomic E-state index is 0.0599. The molecular weight excluding hydrogens is 268 g/mol. The Bertz CT molecular complexity index is 502. The molecule has 1 rings (SSSR count). The molecule has 0 spiro atoms. The van der Waals surface area contributed by atoms with E-state index < -0.39 is 10.0 Å². The minimum Gasteiger partial charge on any atom is -0.497 e. The molecule has 1 aromatic carbocycles. The number of hydrogen-bond donors (Lipinski definition) is 2. The summed E-state index contributed by atoms with van der Waals surface area (Å²) in [5.74, 6) is 0.521. The number of hydrogen-bond acceptors (Lipinski definition) is 5. The second kappa shape index (κ2) is 7.32. The van der Waals surface area contributed by atoms with E-state index in [4.69, 9.17) is 15.2 Å². The van der Waals surface area contributed by atoms with Crippen LogP contribution in [0.15, 0.2) is 23.1 Å². The minimum atomic E-state index is -3.59. The van der Waals surface area contributed by atoms with Crippen LogP contribution in [-0.4, -0.2) is 35.3 Å². The smallest absolute Gasteiger partial charge is 0.242 e. The zero-order chi connectivity index (χ0) is 14.3. The van der Waals surface area contributed by atoms with Crippen molar-refractivity contribution in [3.8, 4) is 5.75 Å². The summed E-state index contributed by atoms with van der Waals surface area (Å²) >= 11 is 0. The van der Waals surface area contributed by atoms with Crippen molar-refractivity contribution in [2.24, 2.45) is 0 Å². The van der Waals surface area contributed by atoms with Crippen molar-refractivity contribution >= 4 is 15.7 Å². The van der Waals surface area contributed by atoms with E-state index in [-0.39, 0.29) is 10.6 Å². The molecule has 0 unspecified atom stereocenters. The Morgan fingerprint density at radius 1 is 1.37 bits per heavy atom. The summed E-state index contributed by atoms with van der Waals surface area (Å²) in [5.41, 5.74) is 5.87. The maximum atomic E-state index is 12.0. The molecule has 1 aromatic rings. The van der Waals surface area contributed by atoms with Crippen LogP contribution in [0.4, 0.5) is 5.69 Å². The number of nitrogens with one attached hydrogen (secondary N) is 1. The van der Waals surface area contributed by atoms with Crippen molar-refractivity contribution in [3.63, 3.8) is 0 Å². The van der Waals surface area contributed by atoms with E-state index in [1.807, 2.05) is 6.92 Å². The van der Waals surface area contributed by atoms with E-state index in [1.54, 1.807) is 6.07 Å². The summed E-state index contributed by atoms with van der Waals surface area (Å²) in [6.45, 7) is 3.35. The number of nitrogen functional groups attached to an aromatic ring is 1. The predicted molar refractivity (Wildman–Crippen MR) is 73.7 cm³/mol. The SMILES string of the molecule is CCOCCCNS(=O)(=O)c1ccc(OC)cc1N. The standard InChI is InChI=1S/C12H20N2O4S/c1-3-18-8-4-7-14-19(15,16)12-6-5-10(17-2)9-11(12)13/h5-6,9,14H,3-4,7-8,13H2,1-2H3. The maximum absolute atomic E-state index is 12.0. The van der Waals surface area contributed by atoms with Gasteiger partial charge in [-0.25, -0.2) is 13.1 Å². The average Bonchev–Trinajstić information content (AvgIpc) is 2.37. The molecule has 0 saturated carbocycles. The van der Waals surface area contributed by atoms with Gasteiger partial charge in [-0.05, 0) is 25.5 Å². The molecule has 108 valence electrons. The third-order valence-electron chi connectivity index (χ3n) is 2.47. The van der Waals surface area contributed by atoms with Crippen molar-refractivity contribution < 1.29 is 17.9 Å². The van der Waals surface area contributed by atoms with Crippen molar-refractivity contribution in [3.05, 3.63) is 18.2 Å². The third kappa shape index (κ3) is 4.70. The number of benzene rings is 1. The zero-order valence-corrected chi connectivity index (χ0v) is 12.0. The van der Waals surface area contributed by atoms with Gasteiger partial charge < -0.3 is 15.2 Å². The van der Waals surface area contributed by atoms with Crippen molar-refractivity contribution in [2.75, 3.05) is 32.6 Å². The van der Waals surface area contributed by atoms with E-state index in [0.717, 1.165) is 0 Å². The highest BCUT2D eigenvalue weighted by atomic mass is 32.2. The highest BCUT2D eigenvalue weighted by Crippen LogP contribution is 2.23. The quantitative estimate of drug-likeness (QED) is 0.550. The van der Waals surface area contributed by atoms with Crippen molar-refractivity contribution in [2.45, 2.75) is 18.2 Å². The van der Waals surface area contributed by atoms with Gasteiger partial charge in [-0.3, -0.25) is 0 Å². The van der Waals surface area contributed by atoms with Crippen LogP contribution in [0.5, 0.6) is 5.75 Å². The topological polar surface area (TPSA) is 90.6 Å². The van der Waals surface area contributed by atoms with Crippen LogP contribution in [-0.2, 0) is 14.8 Å². The summed E-state index contributed by atoms with van der Waals surface area (Å²) in [7, 11) is -2.09. The molecular formula is C12H20N2O4S. The first kappa shape index (κ1) is 15.7. The van der Waals surface area contributed by atoms with Crippen LogP contribution >= 0.6 is 0 Å². The van der Waals surface area contributed by atoms with Gasteiger partial charge >= 0.3 is 0 Å². The Hall–Kier alpha value is -1.31. The Morgan fingerprint density at radius 3 is 2.68 bits per heavy atom. The Kier molecular flexibility index (Phi) is 6.07. The molecule has 0 amide bonds. The Labute approximate surface area is 113 Å². The van der Waals surface area contributed by atoms with Gasteiger partial charge in [0.2, 0.25) is 10.0 Å². The van der Waals surface area contributed by atoms with Gasteiger partial charge in [-0.1, -0.05) is 0 Å². The van der Waals surface area contributed by atoms with Crippen LogP contribution in [0.25, 0.3) is 0 Å². The molecule has 19 heavy (non-hydrogen) atoms. The zero-order valence-electron chi connectivity index (χ0n) is 11.2. The molecule has 7 heteroatoms. The molecule has 0 aromatic heterocycles. The first-order chi connectivity index (χ1) is 9.01. The molecule has 0 radical (unpaired) electrons. The highest BCUT2D eigenvalue weighted by Gasteiger charge is 2.17. The van der Waals surface area contributed by atoms with Crippen LogP contribution in [0.1, 0.15) is 13.3 Å². The summed E-state index contributed by atoms with van der Waals surface area (Å²) < 4.78 is 36.6. The van der Waals surface area contributed by atoms with Crippen molar-refractivity contribution in [1.29, 1.82) is 0 Å². The van der Waals surface area contributed by atoms with Crippen LogP contribution < -0.4 is 15.2 Å². The van der Waals surface area contributed by atoms with E-state index in [9.17, 15) is 8.42 Å². The van der Waals surface area contributed by atoms with E-state index in [2.05, 4.69) is 4.72 Å². The molecule has 0 saturated heterocycles. The molecule has 0 aliphatic heterocycles. The lowest BCUT2D eigenvalue weighted by Crippen LogP contribution is -2.26. The lowest BCUT2D eigenvalue weighted by molar-refractivity contribution is 0.146. The van der Waals surface area contributed by atoms with E-state index in [0.29, 0.717) is 31.9 Å². The average molecular weight is 288 g/mol. The van der Waals surface area contributed by atoms with Gasteiger partial charge in [0, 0.05) is 25.8 Å². The molecule has 0 aliphatic rings. The van der Waals surface area contributed by atoms with Gasteiger partial charge in [-0.15, -0.1) is 0 Å². The monoisotopic (exact) mass is 288 g/mol. The van der Waals surface area contributed by atoms with Gasteiger partial charge in [0.05, 0.1) is 12.8 Å². The van der Waals surface area contributed by atoms with Gasteiger partial charge in [0.15, 0.2) is 0 Å². The van der Waals surface area contributed by atoms with Crippen molar-refractivity contribution in [1.82, 2.24) is 4.72 Å². The van der Waals surface area contributed by atoms with E-state index >= 15 is 0 Å². The molecule has 0 aliphatic carbocycles. The molecule has 0 bridgehead atoms.